The summed E-state index contributed by atoms with van der Waals surface area (Å²) in [6, 6.07) is 30.0. The highest BCUT2D eigenvalue weighted by Crippen LogP contribution is 2.37. The molecule has 33 heavy (non-hydrogen) atoms. The monoisotopic (exact) mass is 485 g/mol. The number of hydrogen-bond donors (Lipinski definition) is 0. The van der Waals surface area contributed by atoms with Gasteiger partial charge in [-0.25, -0.2) is 0 Å². The van der Waals surface area contributed by atoms with Crippen molar-refractivity contribution in [3.8, 4) is 16.8 Å². The van der Waals surface area contributed by atoms with E-state index < -0.39 is 0 Å². The van der Waals surface area contributed by atoms with Crippen LogP contribution in [-0.2, 0) is 0 Å². The number of fused-ring (bicyclic) bond motifs is 6. The van der Waals surface area contributed by atoms with Crippen molar-refractivity contribution >= 4 is 60.5 Å². The highest BCUT2D eigenvalue weighted by Gasteiger charge is 2.16. The SMILES string of the molecule is Brc1cc(-c2ccc3c(c2)c2ccccc2n3-c2ccccc2)c2oc3c(c2c1)=C=C=CC=3. The molecule has 0 saturated carbocycles. The lowest BCUT2D eigenvalue weighted by molar-refractivity contribution is 0.576. The van der Waals surface area contributed by atoms with Crippen molar-refractivity contribution in [2.45, 2.75) is 0 Å². The van der Waals surface area contributed by atoms with Gasteiger partial charge in [0.1, 0.15) is 11.0 Å². The Morgan fingerprint density at radius 3 is 2.48 bits per heavy atom. The molecule has 6 aromatic rings. The van der Waals surface area contributed by atoms with Gasteiger partial charge in [0.15, 0.2) is 0 Å². The van der Waals surface area contributed by atoms with Crippen LogP contribution >= 0.6 is 15.9 Å². The van der Waals surface area contributed by atoms with Crippen molar-refractivity contribution in [2.75, 3.05) is 0 Å². The van der Waals surface area contributed by atoms with Crippen molar-refractivity contribution in [1.82, 2.24) is 4.57 Å². The molecule has 0 N–H and O–H groups in total. The maximum Gasteiger partial charge on any atom is 0.144 e. The fraction of sp³-hybridized carbons (Fsp3) is 0. The summed E-state index contributed by atoms with van der Waals surface area (Å²) in [5.74, 6) is 0. The van der Waals surface area contributed by atoms with Gasteiger partial charge in [-0.15, -0.1) is 0 Å². The van der Waals surface area contributed by atoms with Crippen LogP contribution in [0.4, 0.5) is 0 Å². The van der Waals surface area contributed by atoms with Crippen LogP contribution in [-0.4, -0.2) is 4.57 Å². The fourth-order valence-electron chi connectivity index (χ4n) is 4.87. The first-order valence-corrected chi connectivity index (χ1v) is 11.6. The van der Waals surface area contributed by atoms with Gasteiger partial charge in [-0.1, -0.05) is 69.9 Å². The molecule has 0 unspecified atom stereocenters. The average Bonchev–Trinajstić information content (AvgIpc) is 3.39. The molecule has 0 bridgehead atoms. The molecule has 0 amide bonds. The predicted molar refractivity (Wildman–Crippen MR) is 139 cm³/mol. The Balaban J connectivity index is 1.56. The largest absolute Gasteiger partial charge is 0.455 e. The Morgan fingerprint density at radius 1 is 0.758 bits per heavy atom. The Morgan fingerprint density at radius 2 is 1.58 bits per heavy atom. The predicted octanol–water partition coefficient (Wildman–Crippen LogP) is 6.84. The van der Waals surface area contributed by atoms with Crippen molar-refractivity contribution in [3.05, 3.63) is 112 Å². The van der Waals surface area contributed by atoms with E-state index in [0.29, 0.717) is 0 Å². The van der Waals surface area contributed by atoms with Crippen LogP contribution in [0.2, 0.25) is 0 Å². The van der Waals surface area contributed by atoms with E-state index in [2.05, 4.69) is 117 Å². The van der Waals surface area contributed by atoms with Gasteiger partial charge < -0.3 is 8.98 Å². The summed E-state index contributed by atoms with van der Waals surface area (Å²) >= 11 is 3.71. The molecule has 2 aromatic heterocycles. The summed E-state index contributed by atoms with van der Waals surface area (Å²) in [4.78, 5) is 0. The third-order valence-corrected chi connectivity index (χ3v) is 6.75. The van der Waals surface area contributed by atoms with Gasteiger partial charge in [0.25, 0.3) is 0 Å². The van der Waals surface area contributed by atoms with Crippen LogP contribution in [0.25, 0.3) is 61.4 Å². The summed E-state index contributed by atoms with van der Waals surface area (Å²) in [6.07, 6.45) is 3.78. The average molecular weight is 486 g/mol. The topological polar surface area (TPSA) is 18.1 Å². The molecule has 7 rings (SSSR count). The first kappa shape index (κ1) is 18.6. The molecule has 3 heteroatoms. The van der Waals surface area contributed by atoms with E-state index in [0.717, 1.165) is 42.9 Å². The molecular weight excluding hydrogens is 470 g/mol. The molecule has 0 spiro atoms. The number of furan rings is 1. The summed E-state index contributed by atoms with van der Waals surface area (Å²) in [6.45, 7) is 0. The van der Waals surface area contributed by atoms with Crippen LogP contribution in [0.5, 0.6) is 0 Å². The van der Waals surface area contributed by atoms with E-state index in [4.69, 9.17) is 4.42 Å². The van der Waals surface area contributed by atoms with Crippen LogP contribution < -0.4 is 10.6 Å². The minimum Gasteiger partial charge on any atom is -0.455 e. The fourth-order valence-corrected chi connectivity index (χ4v) is 5.33. The van der Waals surface area contributed by atoms with E-state index in [1.807, 2.05) is 12.2 Å². The lowest BCUT2D eigenvalue weighted by Crippen LogP contribution is -2.18. The van der Waals surface area contributed by atoms with E-state index in [1.165, 1.54) is 21.8 Å². The number of halogens is 1. The molecule has 0 aliphatic heterocycles. The molecule has 0 fully saturated rings. The number of allylic oxidation sites excluding steroid dienone is 1. The molecule has 0 atom stereocenters. The minimum absolute atomic E-state index is 0.824. The molecule has 1 aliphatic carbocycles. The zero-order valence-electron chi connectivity index (χ0n) is 17.5. The zero-order chi connectivity index (χ0) is 21.9. The van der Waals surface area contributed by atoms with Gasteiger partial charge in [0, 0.05) is 31.9 Å². The number of para-hydroxylation sites is 2. The standard InChI is InChI=1S/C30H16BrNO/c31-20-17-24(30-26(18-20)23-11-5-7-13-29(23)33-30)19-14-15-28-25(16-19)22-10-4-6-12-27(22)32(28)21-8-2-1-3-9-21/h1-4,6-10,12-18H. The summed E-state index contributed by atoms with van der Waals surface area (Å²) < 4.78 is 9.63. The molecular formula is C30H16BrNO. The van der Waals surface area contributed by atoms with Crippen molar-refractivity contribution < 1.29 is 4.42 Å². The van der Waals surface area contributed by atoms with Crippen LogP contribution in [0, 0.1) is 0 Å². The van der Waals surface area contributed by atoms with Gasteiger partial charge in [-0.3, -0.25) is 0 Å². The number of benzene rings is 4. The first-order valence-electron chi connectivity index (χ1n) is 10.8. The van der Waals surface area contributed by atoms with Crippen molar-refractivity contribution in [3.63, 3.8) is 0 Å². The molecule has 1 aliphatic rings. The van der Waals surface area contributed by atoms with Gasteiger partial charge in [-0.2, -0.15) is 0 Å². The lowest BCUT2D eigenvalue weighted by atomic mass is 10.0. The highest BCUT2D eigenvalue weighted by atomic mass is 79.9. The van der Waals surface area contributed by atoms with Crippen LogP contribution in [0.15, 0.2) is 106 Å². The van der Waals surface area contributed by atoms with Gasteiger partial charge in [-0.05, 0) is 60.2 Å². The molecule has 2 nitrogen and oxygen atoms in total. The molecule has 0 saturated heterocycles. The van der Waals surface area contributed by atoms with Crippen molar-refractivity contribution in [1.29, 1.82) is 0 Å². The Labute approximate surface area is 197 Å². The normalized spacial score (nSPS) is 12.3. The molecule has 0 radical (unpaired) electrons. The maximum absolute atomic E-state index is 6.29. The Kier molecular flexibility index (Phi) is 3.94. The molecule has 4 aromatic carbocycles. The molecule has 154 valence electrons. The van der Waals surface area contributed by atoms with E-state index in [1.54, 1.807) is 0 Å². The van der Waals surface area contributed by atoms with E-state index >= 15 is 0 Å². The summed E-state index contributed by atoms with van der Waals surface area (Å²) in [5, 5.41) is 4.45. The third kappa shape index (κ3) is 2.75. The Hall–Kier alpha value is -4.00. The van der Waals surface area contributed by atoms with Gasteiger partial charge in [0.05, 0.1) is 16.3 Å². The van der Waals surface area contributed by atoms with Crippen molar-refractivity contribution in [2.24, 2.45) is 0 Å². The summed E-state index contributed by atoms with van der Waals surface area (Å²) in [7, 11) is 0. The second-order valence-electron chi connectivity index (χ2n) is 8.19. The van der Waals surface area contributed by atoms with Crippen LogP contribution in [0.3, 0.4) is 0 Å². The van der Waals surface area contributed by atoms with Gasteiger partial charge >= 0.3 is 0 Å². The first-order chi connectivity index (χ1) is 16.3. The van der Waals surface area contributed by atoms with Gasteiger partial charge in [0.2, 0.25) is 0 Å². The zero-order valence-corrected chi connectivity index (χ0v) is 19.1. The minimum atomic E-state index is 0.824. The highest BCUT2D eigenvalue weighted by molar-refractivity contribution is 9.10. The molecule has 2 heterocycles. The van der Waals surface area contributed by atoms with E-state index in [9.17, 15) is 0 Å². The van der Waals surface area contributed by atoms with E-state index in [-0.39, 0.29) is 0 Å². The number of aromatic nitrogens is 1. The third-order valence-electron chi connectivity index (χ3n) is 6.29. The number of hydrogen-bond acceptors (Lipinski definition) is 1. The quantitative estimate of drug-likeness (QED) is 0.245. The smallest absolute Gasteiger partial charge is 0.144 e. The maximum atomic E-state index is 6.29. The number of nitrogens with zero attached hydrogens (tertiary/aromatic N) is 1. The summed E-state index contributed by atoms with van der Waals surface area (Å²) in [5.41, 5.74) is 13.7. The second kappa shape index (κ2) is 7.00. The van der Waals surface area contributed by atoms with Crippen LogP contribution in [0.1, 0.15) is 0 Å². The second-order valence-corrected chi connectivity index (χ2v) is 9.11. The Bertz CT molecular complexity index is 1940. The lowest BCUT2D eigenvalue weighted by Gasteiger charge is -2.08. The number of rotatable bonds is 2.